The van der Waals surface area contributed by atoms with E-state index >= 15 is 0 Å². The van der Waals surface area contributed by atoms with Crippen molar-refractivity contribution in [1.82, 2.24) is 15.1 Å². The van der Waals surface area contributed by atoms with E-state index in [9.17, 15) is 9.59 Å². The van der Waals surface area contributed by atoms with Crippen molar-refractivity contribution in [2.75, 3.05) is 45.9 Å². The Morgan fingerprint density at radius 3 is 2.54 bits per heavy atom. The van der Waals surface area contributed by atoms with E-state index in [-0.39, 0.29) is 18.4 Å². The van der Waals surface area contributed by atoms with Gasteiger partial charge in [0.05, 0.1) is 11.6 Å². The third-order valence-electron chi connectivity index (χ3n) is 3.71. The van der Waals surface area contributed by atoms with Crippen molar-refractivity contribution in [3.8, 4) is 5.75 Å². The van der Waals surface area contributed by atoms with E-state index in [1.807, 2.05) is 11.8 Å². The number of amides is 2. The number of nitrogens with zero attached hydrogens (tertiary/aromatic N) is 2. The molecule has 1 saturated heterocycles. The first-order valence-electron chi connectivity index (χ1n) is 7.84. The Hall–Kier alpha value is -1.50. The van der Waals surface area contributed by atoms with Crippen LogP contribution in [0.25, 0.3) is 0 Å². The Balaban J connectivity index is 1.75. The van der Waals surface area contributed by atoms with Crippen molar-refractivity contribution in [2.45, 2.75) is 6.92 Å². The van der Waals surface area contributed by atoms with E-state index in [4.69, 9.17) is 27.9 Å². The van der Waals surface area contributed by atoms with E-state index in [1.54, 1.807) is 23.1 Å². The minimum Gasteiger partial charge on any atom is -0.482 e. The molecule has 0 bridgehead atoms. The summed E-state index contributed by atoms with van der Waals surface area (Å²) in [6, 6.07) is 4.87. The van der Waals surface area contributed by atoms with E-state index in [0.29, 0.717) is 55.1 Å². The van der Waals surface area contributed by atoms with Crippen molar-refractivity contribution in [3.63, 3.8) is 0 Å². The molecule has 1 N–H and O–H groups in total. The molecule has 1 aliphatic rings. The second kappa shape index (κ2) is 9.11. The fourth-order valence-electron chi connectivity index (χ4n) is 2.43. The second-order valence-corrected chi connectivity index (χ2v) is 6.32. The molecule has 2 amide bonds. The van der Waals surface area contributed by atoms with Gasteiger partial charge in [-0.3, -0.25) is 14.5 Å². The molecule has 0 unspecified atom stereocenters. The van der Waals surface area contributed by atoms with Crippen LogP contribution >= 0.6 is 23.2 Å². The summed E-state index contributed by atoms with van der Waals surface area (Å²) >= 11 is 11.8. The average Bonchev–Trinajstić information content (AvgIpc) is 2.54. The maximum Gasteiger partial charge on any atom is 0.260 e. The van der Waals surface area contributed by atoms with E-state index in [2.05, 4.69) is 5.32 Å². The minimum atomic E-state index is -0.0984. The summed E-state index contributed by atoms with van der Waals surface area (Å²) in [6.07, 6.45) is 0. The molecule has 0 spiro atoms. The first-order chi connectivity index (χ1) is 11.5. The lowest BCUT2D eigenvalue weighted by Crippen LogP contribution is -2.52. The number of hydrogen-bond acceptors (Lipinski definition) is 4. The molecule has 1 fully saturated rings. The largest absolute Gasteiger partial charge is 0.482 e. The van der Waals surface area contributed by atoms with Gasteiger partial charge in [-0.15, -0.1) is 0 Å². The molecule has 2 rings (SSSR count). The van der Waals surface area contributed by atoms with Crippen LogP contribution in [0, 0.1) is 0 Å². The highest BCUT2D eigenvalue weighted by molar-refractivity contribution is 6.35. The molecule has 8 heteroatoms. The second-order valence-electron chi connectivity index (χ2n) is 5.47. The molecule has 132 valence electrons. The molecule has 0 radical (unpaired) electrons. The van der Waals surface area contributed by atoms with Gasteiger partial charge in [0.15, 0.2) is 6.61 Å². The van der Waals surface area contributed by atoms with Gasteiger partial charge in [-0.05, 0) is 25.1 Å². The van der Waals surface area contributed by atoms with Gasteiger partial charge in [0.25, 0.3) is 5.91 Å². The SMILES string of the molecule is CCNC(=O)CN1CCN(C(=O)COc2ccc(Cl)cc2Cl)CC1. The number of carbonyl (C=O) groups excluding carboxylic acids is 2. The topological polar surface area (TPSA) is 61.9 Å². The molecule has 6 nitrogen and oxygen atoms in total. The van der Waals surface area contributed by atoms with Gasteiger partial charge in [-0.25, -0.2) is 0 Å². The van der Waals surface area contributed by atoms with Gasteiger partial charge >= 0.3 is 0 Å². The Kier molecular flexibility index (Phi) is 7.15. The molecule has 0 aliphatic carbocycles. The van der Waals surface area contributed by atoms with E-state index in [1.165, 1.54) is 0 Å². The van der Waals surface area contributed by atoms with E-state index < -0.39 is 0 Å². The molecular formula is C16H21Cl2N3O3. The third-order valence-corrected chi connectivity index (χ3v) is 4.24. The van der Waals surface area contributed by atoms with Crippen molar-refractivity contribution < 1.29 is 14.3 Å². The molecule has 1 aromatic rings. The number of rotatable bonds is 6. The molecule has 1 aromatic carbocycles. The lowest BCUT2D eigenvalue weighted by Gasteiger charge is -2.34. The van der Waals surface area contributed by atoms with Crippen LogP contribution in [0.1, 0.15) is 6.92 Å². The molecule has 0 saturated carbocycles. The summed E-state index contributed by atoms with van der Waals surface area (Å²) in [4.78, 5) is 27.5. The predicted octanol–water partition coefficient (Wildman–Crippen LogP) is 1.65. The summed E-state index contributed by atoms with van der Waals surface area (Å²) in [5.41, 5.74) is 0. The van der Waals surface area contributed by atoms with Crippen LogP contribution in [-0.2, 0) is 9.59 Å². The lowest BCUT2D eigenvalue weighted by molar-refractivity contribution is -0.135. The van der Waals surface area contributed by atoms with Crippen LogP contribution < -0.4 is 10.1 Å². The van der Waals surface area contributed by atoms with Gasteiger partial charge in [0.1, 0.15) is 5.75 Å². The van der Waals surface area contributed by atoms with Crippen LogP contribution in [0.2, 0.25) is 10.0 Å². The maximum absolute atomic E-state index is 12.2. The molecular weight excluding hydrogens is 353 g/mol. The summed E-state index contributed by atoms with van der Waals surface area (Å²) in [6.45, 7) is 5.31. The Bertz CT molecular complexity index is 590. The molecule has 1 heterocycles. The average molecular weight is 374 g/mol. The van der Waals surface area contributed by atoms with Crippen molar-refractivity contribution >= 4 is 35.0 Å². The van der Waals surface area contributed by atoms with Gasteiger partial charge in [-0.2, -0.15) is 0 Å². The smallest absolute Gasteiger partial charge is 0.260 e. The van der Waals surface area contributed by atoms with Crippen LogP contribution in [0.4, 0.5) is 0 Å². The van der Waals surface area contributed by atoms with Crippen molar-refractivity contribution in [2.24, 2.45) is 0 Å². The number of halogens is 2. The summed E-state index contributed by atoms with van der Waals surface area (Å²) in [5, 5.41) is 3.66. The van der Waals surface area contributed by atoms with Gasteiger partial charge in [-0.1, -0.05) is 23.2 Å². The monoisotopic (exact) mass is 373 g/mol. The quantitative estimate of drug-likeness (QED) is 0.823. The number of ether oxygens (including phenoxy) is 1. The summed E-state index contributed by atoms with van der Waals surface area (Å²) in [5.74, 6) is 0.348. The maximum atomic E-state index is 12.2. The summed E-state index contributed by atoms with van der Waals surface area (Å²) in [7, 11) is 0. The van der Waals surface area contributed by atoms with Crippen molar-refractivity contribution in [3.05, 3.63) is 28.2 Å². The van der Waals surface area contributed by atoms with Crippen LogP contribution in [0.15, 0.2) is 18.2 Å². The standard InChI is InChI=1S/C16H21Cl2N3O3/c1-2-19-15(22)10-20-5-7-21(8-6-20)16(23)11-24-14-4-3-12(17)9-13(14)18/h3-4,9H,2,5-8,10-11H2,1H3,(H,19,22). The van der Waals surface area contributed by atoms with E-state index in [0.717, 1.165) is 0 Å². The third kappa shape index (κ3) is 5.54. The normalized spacial score (nSPS) is 15.2. The molecule has 24 heavy (non-hydrogen) atoms. The van der Waals surface area contributed by atoms with Crippen molar-refractivity contribution in [1.29, 1.82) is 0 Å². The molecule has 1 aliphatic heterocycles. The predicted molar refractivity (Wildman–Crippen MR) is 93.7 cm³/mol. The molecule has 0 atom stereocenters. The van der Waals surface area contributed by atoms with Crippen LogP contribution in [-0.4, -0.2) is 67.5 Å². The lowest BCUT2D eigenvalue weighted by atomic mass is 10.3. The zero-order valence-electron chi connectivity index (χ0n) is 13.6. The highest BCUT2D eigenvalue weighted by Gasteiger charge is 2.22. The number of carbonyl (C=O) groups is 2. The zero-order valence-corrected chi connectivity index (χ0v) is 15.1. The number of piperazine rings is 1. The first kappa shape index (κ1) is 18.8. The zero-order chi connectivity index (χ0) is 17.5. The fourth-order valence-corrected chi connectivity index (χ4v) is 2.90. The Labute approximate surface area is 151 Å². The summed E-state index contributed by atoms with van der Waals surface area (Å²) < 4.78 is 5.47. The fraction of sp³-hybridized carbons (Fsp3) is 0.500. The highest BCUT2D eigenvalue weighted by Crippen LogP contribution is 2.27. The number of hydrogen-bond donors (Lipinski definition) is 1. The Morgan fingerprint density at radius 2 is 1.92 bits per heavy atom. The van der Waals surface area contributed by atoms with Crippen LogP contribution in [0.3, 0.4) is 0 Å². The first-order valence-corrected chi connectivity index (χ1v) is 8.60. The number of likely N-dealkylation sites (N-methyl/N-ethyl adjacent to an activating group) is 1. The van der Waals surface area contributed by atoms with Gasteiger partial charge in [0.2, 0.25) is 5.91 Å². The van der Waals surface area contributed by atoms with Gasteiger partial charge < -0.3 is 15.0 Å². The highest BCUT2D eigenvalue weighted by atomic mass is 35.5. The number of nitrogens with one attached hydrogen (secondary N) is 1. The minimum absolute atomic E-state index is 0.0120. The molecule has 0 aromatic heterocycles. The number of benzene rings is 1. The van der Waals surface area contributed by atoms with Crippen LogP contribution in [0.5, 0.6) is 5.75 Å². The Morgan fingerprint density at radius 1 is 1.21 bits per heavy atom. The van der Waals surface area contributed by atoms with Gasteiger partial charge in [0, 0.05) is 37.7 Å².